The van der Waals surface area contributed by atoms with E-state index < -0.39 is 0 Å². The van der Waals surface area contributed by atoms with E-state index in [9.17, 15) is 0 Å². The van der Waals surface area contributed by atoms with E-state index in [1.807, 2.05) is 12.3 Å². The minimum Gasteiger partial charge on any atom is -0.310 e. The molecule has 2 aromatic heterocycles. The number of pyridine rings is 1. The SMILES string of the molecule is Cl.c1ncn(-c2ccc(CNC3CCCCCC3)cn2)n1. The highest BCUT2D eigenvalue weighted by Gasteiger charge is 2.11. The summed E-state index contributed by atoms with van der Waals surface area (Å²) in [4.78, 5) is 8.35. The van der Waals surface area contributed by atoms with Crippen LogP contribution in [-0.2, 0) is 6.54 Å². The molecule has 1 saturated carbocycles. The first kappa shape index (κ1) is 15.9. The summed E-state index contributed by atoms with van der Waals surface area (Å²) in [6.45, 7) is 0.898. The number of halogens is 1. The first-order valence-electron chi connectivity index (χ1n) is 7.45. The van der Waals surface area contributed by atoms with Crippen molar-refractivity contribution in [1.82, 2.24) is 25.1 Å². The predicted molar refractivity (Wildman–Crippen MR) is 84.7 cm³/mol. The van der Waals surface area contributed by atoms with E-state index in [-0.39, 0.29) is 12.4 Å². The van der Waals surface area contributed by atoms with Gasteiger partial charge in [-0.25, -0.2) is 14.6 Å². The van der Waals surface area contributed by atoms with Crippen LogP contribution in [0.3, 0.4) is 0 Å². The summed E-state index contributed by atoms with van der Waals surface area (Å²) in [5.41, 5.74) is 1.22. The van der Waals surface area contributed by atoms with Crippen molar-refractivity contribution in [1.29, 1.82) is 0 Å². The smallest absolute Gasteiger partial charge is 0.155 e. The van der Waals surface area contributed by atoms with Crippen molar-refractivity contribution in [2.75, 3.05) is 0 Å². The van der Waals surface area contributed by atoms with Crippen molar-refractivity contribution in [2.45, 2.75) is 51.1 Å². The summed E-state index contributed by atoms with van der Waals surface area (Å²) in [6.07, 6.45) is 13.2. The van der Waals surface area contributed by atoms with E-state index in [1.165, 1.54) is 50.4 Å². The molecule has 1 fully saturated rings. The molecule has 1 aliphatic rings. The lowest BCUT2D eigenvalue weighted by atomic mass is 10.1. The van der Waals surface area contributed by atoms with Gasteiger partial charge in [-0.05, 0) is 24.5 Å². The van der Waals surface area contributed by atoms with Gasteiger partial charge in [0.15, 0.2) is 5.82 Å². The van der Waals surface area contributed by atoms with Crippen LogP contribution in [0, 0.1) is 0 Å². The molecular formula is C15H22ClN5. The molecule has 0 aromatic carbocycles. The fourth-order valence-corrected chi connectivity index (χ4v) is 2.73. The molecule has 1 N–H and O–H groups in total. The fourth-order valence-electron chi connectivity index (χ4n) is 2.73. The molecule has 0 aliphatic heterocycles. The van der Waals surface area contributed by atoms with Crippen LogP contribution in [0.25, 0.3) is 5.82 Å². The van der Waals surface area contributed by atoms with Gasteiger partial charge in [0.1, 0.15) is 12.7 Å². The molecule has 0 spiro atoms. The molecule has 114 valence electrons. The zero-order valence-corrected chi connectivity index (χ0v) is 12.9. The average molecular weight is 308 g/mol. The Bertz CT molecular complexity index is 503. The molecule has 2 aromatic rings. The Morgan fingerprint density at radius 3 is 2.57 bits per heavy atom. The number of nitrogens with one attached hydrogen (secondary N) is 1. The molecule has 6 heteroatoms. The van der Waals surface area contributed by atoms with Crippen LogP contribution < -0.4 is 5.32 Å². The van der Waals surface area contributed by atoms with Gasteiger partial charge in [-0.1, -0.05) is 31.7 Å². The summed E-state index contributed by atoms with van der Waals surface area (Å²) in [5, 5.41) is 7.73. The Labute approximate surface area is 131 Å². The monoisotopic (exact) mass is 307 g/mol. The maximum atomic E-state index is 4.42. The van der Waals surface area contributed by atoms with E-state index in [4.69, 9.17) is 0 Å². The third-order valence-electron chi connectivity index (χ3n) is 3.91. The van der Waals surface area contributed by atoms with E-state index >= 15 is 0 Å². The van der Waals surface area contributed by atoms with E-state index in [0.29, 0.717) is 6.04 Å². The topological polar surface area (TPSA) is 55.6 Å². The molecule has 3 rings (SSSR count). The Morgan fingerprint density at radius 1 is 1.14 bits per heavy atom. The van der Waals surface area contributed by atoms with Crippen LogP contribution in [0.4, 0.5) is 0 Å². The van der Waals surface area contributed by atoms with Crippen LogP contribution in [0.15, 0.2) is 31.0 Å². The van der Waals surface area contributed by atoms with Crippen molar-refractivity contribution in [3.05, 3.63) is 36.5 Å². The van der Waals surface area contributed by atoms with Crippen molar-refractivity contribution in [3.63, 3.8) is 0 Å². The van der Waals surface area contributed by atoms with Crippen molar-refractivity contribution >= 4 is 12.4 Å². The van der Waals surface area contributed by atoms with E-state index in [2.05, 4.69) is 26.4 Å². The highest BCUT2D eigenvalue weighted by Crippen LogP contribution is 2.17. The van der Waals surface area contributed by atoms with Gasteiger partial charge < -0.3 is 5.32 Å². The van der Waals surface area contributed by atoms with Gasteiger partial charge in [-0.2, -0.15) is 5.10 Å². The molecular weight excluding hydrogens is 286 g/mol. The Morgan fingerprint density at radius 2 is 1.95 bits per heavy atom. The Kier molecular flexibility index (Phi) is 6.14. The summed E-state index contributed by atoms with van der Waals surface area (Å²) in [7, 11) is 0. The maximum absolute atomic E-state index is 4.42. The van der Waals surface area contributed by atoms with Crippen LogP contribution in [0.2, 0.25) is 0 Å². The molecule has 5 nitrogen and oxygen atoms in total. The van der Waals surface area contributed by atoms with Crippen molar-refractivity contribution in [3.8, 4) is 5.82 Å². The predicted octanol–water partition coefficient (Wildman–Crippen LogP) is 2.90. The molecule has 21 heavy (non-hydrogen) atoms. The van der Waals surface area contributed by atoms with Gasteiger partial charge in [0, 0.05) is 18.8 Å². The lowest BCUT2D eigenvalue weighted by Gasteiger charge is -2.16. The van der Waals surface area contributed by atoms with E-state index in [1.54, 1.807) is 11.0 Å². The molecule has 2 heterocycles. The molecule has 0 atom stereocenters. The molecule has 0 amide bonds. The number of nitrogens with zero attached hydrogens (tertiary/aromatic N) is 4. The summed E-state index contributed by atoms with van der Waals surface area (Å²) < 4.78 is 1.67. The third kappa shape index (κ3) is 4.51. The normalized spacial score (nSPS) is 16.2. The lowest BCUT2D eigenvalue weighted by Crippen LogP contribution is -2.27. The Hall–Kier alpha value is -1.46. The van der Waals surface area contributed by atoms with Gasteiger partial charge in [-0.15, -0.1) is 12.4 Å². The Balaban J connectivity index is 0.00000161. The molecule has 0 bridgehead atoms. The summed E-state index contributed by atoms with van der Waals surface area (Å²) >= 11 is 0. The van der Waals surface area contributed by atoms with Crippen LogP contribution in [0.1, 0.15) is 44.1 Å². The lowest BCUT2D eigenvalue weighted by molar-refractivity contribution is 0.459. The fraction of sp³-hybridized carbons (Fsp3) is 0.533. The minimum atomic E-state index is 0. The number of rotatable bonds is 4. The highest BCUT2D eigenvalue weighted by atomic mass is 35.5. The molecule has 0 saturated heterocycles. The maximum Gasteiger partial charge on any atom is 0.155 e. The molecule has 1 aliphatic carbocycles. The summed E-state index contributed by atoms with van der Waals surface area (Å²) in [6, 6.07) is 4.76. The van der Waals surface area contributed by atoms with Gasteiger partial charge in [0.25, 0.3) is 0 Å². The zero-order chi connectivity index (χ0) is 13.6. The van der Waals surface area contributed by atoms with Gasteiger partial charge >= 0.3 is 0 Å². The summed E-state index contributed by atoms with van der Waals surface area (Å²) in [5.74, 6) is 0.806. The largest absolute Gasteiger partial charge is 0.310 e. The van der Waals surface area contributed by atoms with Gasteiger partial charge in [0.2, 0.25) is 0 Å². The highest BCUT2D eigenvalue weighted by molar-refractivity contribution is 5.85. The number of hydrogen-bond donors (Lipinski definition) is 1. The van der Waals surface area contributed by atoms with Crippen molar-refractivity contribution < 1.29 is 0 Å². The van der Waals surface area contributed by atoms with Gasteiger partial charge in [-0.3, -0.25) is 0 Å². The minimum absolute atomic E-state index is 0. The quantitative estimate of drug-likeness (QED) is 0.883. The zero-order valence-electron chi connectivity index (χ0n) is 12.1. The first-order chi connectivity index (χ1) is 9.92. The third-order valence-corrected chi connectivity index (χ3v) is 3.91. The second-order valence-corrected chi connectivity index (χ2v) is 5.43. The molecule has 0 radical (unpaired) electrons. The standard InChI is InChI=1S/C15H21N5.ClH/c1-2-4-6-14(5-3-1)17-9-13-7-8-15(18-10-13)20-12-16-11-19-20;/h7-8,10-12,14,17H,1-6,9H2;1H. The average Bonchev–Trinajstić information content (AvgIpc) is 2.90. The van der Waals surface area contributed by atoms with E-state index in [0.717, 1.165) is 12.4 Å². The molecule has 0 unspecified atom stereocenters. The number of aromatic nitrogens is 4. The second kappa shape index (κ2) is 8.10. The van der Waals surface area contributed by atoms with Crippen LogP contribution in [0.5, 0.6) is 0 Å². The van der Waals surface area contributed by atoms with Crippen molar-refractivity contribution in [2.24, 2.45) is 0 Å². The first-order valence-corrected chi connectivity index (χ1v) is 7.45. The van der Waals surface area contributed by atoms with Crippen LogP contribution in [-0.4, -0.2) is 25.8 Å². The number of hydrogen-bond acceptors (Lipinski definition) is 4. The second-order valence-electron chi connectivity index (χ2n) is 5.43. The van der Waals surface area contributed by atoms with Gasteiger partial charge in [0.05, 0.1) is 0 Å². The van der Waals surface area contributed by atoms with Crippen LogP contribution >= 0.6 is 12.4 Å².